The van der Waals surface area contributed by atoms with Crippen LogP contribution in [0.1, 0.15) is 11.1 Å². The van der Waals surface area contributed by atoms with Gasteiger partial charge >= 0.3 is 0 Å². The lowest BCUT2D eigenvalue weighted by atomic mass is 10.2. The van der Waals surface area contributed by atoms with Crippen molar-refractivity contribution in [3.05, 3.63) is 53.7 Å². The molecule has 0 spiro atoms. The van der Waals surface area contributed by atoms with Gasteiger partial charge in [-0.1, -0.05) is 18.2 Å². The van der Waals surface area contributed by atoms with Gasteiger partial charge in [-0.25, -0.2) is 13.4 Å². The van der Waals surface area contributed by atoms with Crippen LogP contribution in [-0.4, -0.2) is 32.2 Å². The summed E-state index contributed by atoms with van der Waals surface area (Å²) in [5.41, 5.74) is 2.22. The molecule has 2 heterocycles. The third kappa shape index (κ3) is 3.12. The van der Waals surface area contributed by atoms with E-state index in [4.69, 9.17) is 5.26 Å². The molecular formula is C16H16N4O2S. The van der Waals surface area contributed by atoms with Gasteiger partial charge in [0, 0.05) is 19.3 Å². The van der Waals surface area contributed by atoms with Crippen LogP contribution in [0.5, 0.6) is 0 Å². The van der Waals surface area contributed by atoms with E-state index in [1.54, 1.807) is 18.3 Å². The molecular weight excluding hydrogens is 312 g/mol. The maximum Gasteiger partial charge on any atom is 0.236 e. The highest BCUT2D eigenvalue weighted by Crippen LogP contribution is 2.29. The van der Waals surface area contributed by atoms with Crippen LogP contribution in [0.2, 0.25) is 0 Å². The second kappa shape index (κ2) is 6.26. The summed E-state index contributed by atoms with van der Waals surface area (Å²) in [7, 11) is -3.40. The summed E-state index contributed by atoms with van der Waals surface area (Å²) in [6, 6.07) is 12.9. The number of pyridine rings is 1. The van der Waals surface area contributed by atoms with E-state index in [0.29, 0.717) is 17.9 Å². The van der Waals surface area contributed by atoms with Gasteiger partial charge in [-0.3, -0.25) is 4.31 Å². The SMILES string of the molecule is N#Cc1cccnc1NCCS(=O)(=O)N1CCc2ccccc21. The molecule has 118 valence electrons. The average molecular weight is 328 g/mol. The van der Waals surface area contributed by atoms with Crippen LogP contribution in [0.3, 0.4) is 0 Å². The molecule has 3 rings (SSSR count). The Bertz CT molecular complexity index is 858. The molecule has 0 unspecified atom stereocenters. The van der Waals surface area contributed by atoms with E-state index in [1.165, 1.54) is 4.31 Å². The minimum atomic E-state index is -3.40. The van der Waals surface area contributed by atoms with Crippen molar-refractivity contribution in [1.29, 1.82) is 5.26 Å². The van der Waals surface area contributed by atoms with Gasteiger partial charge in [0.15, 0.2) is 0 Å². The van der Waals surface area contributed by atoms with Gasteiger partial charge in [0.2, 0.25) is 10.0 Å². The van der Waals surface area contributed by atoms with Crippen molar-refractivity contribution in [3.63, 3.8) is 0 Å². The zero-order valence-corrected chi connectivity index (χ0v) is 13.3. The second-order valence-electron chi connectivity index (χ2n) is 5.21. The standard InChI is InChI=1S/C16H16N4O2S/c17-12-14-5-3-8-18-16(14)19-9-11-23(21,22)20-10-7-13-4-1-2-6-15(13)20/h1-6,8H,7,9-11H2,(H,18,19). The van der Waals surface area contributed by atoms with Gasteiger partial charge < -0.3 is 5.32 Å². The second-order valence-corrected chi connectivity index (χ2v) is 7.22. The van der Waals surface area contributed by atoms with Crippen LogP contribution < -0.4 is 9.62 Å². The molecule has 0 aliphatic carbocycles. The fourth-order valence-electron chi connectivity index (χ4n) is 2.64. The van der Waals surface area contributed by atoms with Crippen LogP contribution in [0.25, 0.3) is 0 Å². The van der Waals surface area contributed by atoms with Gasteiger partial charge in [0.05, 0.1) is 17.0 Å². The lowest BCUT2D eigenvalue weighted by molar-refractivity contribution is 0.592. The molecule has 1 aromatic heterocycles. The molecule has 1 aliphatic rings. The fourth-order valence-corrected chi connectivity index (χ4v) is 4.07. The highest BCUT2D eigenvalue weighted by Gasteiger charge is 2.28. The summed E-state index contributed by atoms with van der Waals surface area (Å²) in [4.78, 5) is 4.06. The Balaban J connectivity index is 1.68. The van der Waals surface area contributed by atoms with Gasteiger partial charge in [0.1, 0.15) is 11.9 Å². The van der Waals surface area contributed by atoms with Crippen molar-refractivity contribution in [1.82, 2.24) is 4.98 Å². The number of aromatic nitrogens is 1. The van der Waals surface area contributed by atoms with Crippen molar-refractivity contribution in [2.24, 2.45) is 0 Å². The van der Waals surface area contributed by atoms with Crippen molar-refractivity contribution in [2.75, 3.05) is 28.5 Å². The van der Waals surface area contributed by atoms with Crippen molar-refractivity contribution in [2.45, 2.75) is 6.42 Å². The number of nitriles is 1. The molecule has 0 fully saturated rings. The number of sulfonamides is 1. The zero-order valence-electron chi connectivity index (χ0n) is 12.4. The zero-order chi connectivity index (χ0) is 16.3. The molecule has 1 aliphatic heterocycles. The van der Waals surface area contributed by atoms with Crippen LogP contribution in [0, 0.1) is 11.3 Å². The first kappa shape index (κ1) is 15.3. The summed E-state index contributed by atoms with van der Waals surface area (Å²) in [5, 5.41) is 11.9. The third-order valence-corrected chi connectivity index (χ3v) is 5.53. The first-order chi connectivity index (χ1) is 11.1. The molecule has 0 saturated heterocycles. The maximum atomic E-state index is 12.5. The Labute approximate surface area is 135 Å². The quantitative estimate of drug-likeness (QED) is 0.904. The van der Waals surface area contributed by atoms with E-state index in [0.717, 1.165) is 17.7 Å². The van der Waals surface area contributed by atoms with E-state index in [-0.39, 0.29) is 12.3 Å². The molecule has 1 N–H and O–H groups in total. The summed E-state index contributed by atoms with van der Waals surface area (Å²) < 4.78 is 26.5. The van der Waals surface area contributed by atoms with E-state index < -0.39 is 10.0 Å². The minimum Gasteiger partial charge on any atom is -0.368 e. The lowest BCUT2D eigenvalue weighted by Gasteiger charge is -2.19. The average Bonchev–Trinajstić information content (AvgIpc) is 3.00. The first-order valence-electron chi connectivity index (χ1n) is 7.29. The Morgan fingerprint density at radius 2 is 2.09 bits per heavy atom. The molecule has 0 radical (unpaired) electrons. The largest absolute Gasteiger partial charge is 0.368 e. The van der Waals surface area contributed by atoms with E-state index in [1.807, 2.05) is 30.3 Å². The van der Waals surface area contributed by atoms with Gasteiger partial charge in [-0.2, -0.15) is 5.26 Å². The number of hydrogen-bond acceptors (Lipinski definition) is 5. The number of para-hydroxylation sites is 1. The van der Waals surface area contributed by atoms with Crippen LogP contribution in [0.15, 0.2) is 42.6 Å². The predicted molar refractivity (Wildman–Crippen MR) is 88.7 cm³/mol. The van der Waals surface area contributed by atoms with Crippen molar-refractivity contribution < 1.29 is 8.42 Å². The first-order valence-corrected chi connectivity index (χ1v) is 8.90. The molecule has 23 heavy (non-hydrogen) atoms. The predicted octanol–water partition coefficient (Wildman–Crippen LogP) is 1.76. The highest BCUT2D eigenvalue weighted by molar-refractivity contribution is 7.92. The van der Waals surface area contributed by atoms with E-state index in [9.17, 15) is 8.42 Å². The summed E-state index contributed by atoms with van der Waals surface area (Å²) in [5.74, 6) is 0.356. The Kier molecular flexibility index (Phi) is 4.17. The van der Waals surface area contributed by atoms with Crippen LogP contribution in [-0.2, 0) is 16.4 Å². The molecule has 0 atom stereocenters. The smallest absolute Gasteiger partial charge is 0.236 e. The Morgan fingerprint density at radius 3 is 2.91 bits per heavy atom. The summed E-state index contributed by atoms with van der Waals surface area (Å²) in [6.07, 6.45) is 2.30. The number of rotatable bonds is 5. The number of hydrogen-bond donors (Lipinski definition) is 1. The van der Waals surface area contributed by atoms with Crippen molar-refractivity contribution in [3.8, 4) is 6.07 Å². The van der Waals surface area contributed by atoms with Gasteiger partial charge in [-0.15, -0.1) is 0 Å². The number of fused-ring (bicyclic) bond motifs is 1. The normalized spacial score (nSPS) is 13.4. The van der Waals surface area contributed by atoms with Crippen LogP contribution in [0.4, 0.5) is 11.5 Å². The topological polar surface area (TPSA) is 86.1 Å². The fraction of sp³-hybridized carbons (Fsp3) is 0.250. The maximum absolute atomic E-state index is 12.5. The molecule has 0 bridgehead atoms. The summed E-state index contributed by atoms with van der Waals surface area (Å²) >= 11 is 0. The number of nitrogens with zero attached hydrogens (tertiary/aromatic N) is 3. The summed E-state index contributed by atoms with van der Waals surface area (Å²) in [6.45, 7) is 0.682. The highest BCUT2D eigenvalue weighted by atomic mass is 32.2. The Hall–Kier alpha value is -2.59. The Morgan fingerprint density at radius 1 is 1.26 bits per heavy atom. The van der Waals surface area contributed by atoms with Gasteiger partial charge in [-0.05, 0) is 30.2 Å². The molecule has 7 heteroatoms. The van der Waals surface area contributed by atoms with Crippen molar-refractivity contribution >= 4 is 21.5 Å². The minimum absolute atomic E-state index is 0.0528. The third-order valence-electron chi connectivity index (χ3n) is 3.76. The molecule has 1 aromatic carbocycles. The van der Waals surface area contributed by atoms with Crippen LogP contribution >= 0.6 is 0 Å². The monoisotopic (exact) mass is 328 g/mol. The number of anilines is 2. The number of nitrogens with one attached hydrogen (secondary N) is 1. The van der Waals surface area contributed by atoms with Gasteiger partial charge in [0.25, 0.3) is 0 Å². The van der Waals surface area contributed by atoms with E-state index >= 15 is 0 Å². The molecule has 2 aromatic rings. The molecule has 0 amide bonds. The lowest BCUT2D eigenvalue weighted by Crippen LogP contribution is -2.33. The number of benzene rings is 1. The molecule has 6 nitrogen and oxygen atoms in total. The molecule has 0 saturated carbocycles. The van der Waals surface area contributed by atoms with E-state index in [2.05, 4.69) is 10.3 Å².